The molecule has 10 heteroatoms. The predicted octanol–water partition coefficient (Wildman–Crippen LogP) is 4.52. The fourth-order valence-corrected chi connectivity index (χ4v) is 3.70. The van der Waals surface area contributed by atoms with Gasteiger partial charge in [0.25, 0.3) is 11.5 Å². The van der Waals surface area contributed by atoms with Crippen molar-refractivity contribution in [3.63, 3.8) is 0 Å². The molecule has 1 aliphatic heterocycles. The number of ketones is 1. The number of pyridine rings is 1. The first kappa shape index (κ1) is 21.3. The third-order valence-corrected chi connectivity index (χ3v) is 5.42. The van der Waals surface area contributed by atoms with Crippen molar-refractivity contribution in [1.29, 1.82) is 0 Å². The number of aliphatic hydroxyl groups is 1. The van der Waals surface area contributed by atoms with Gasteiger partial charge in [0.15, 0.2) is 0 Å². The van der Waals surface area contributed by atoms with E-state index in [1.54, 1.807) is 12.1 Å². The highest BCUT2D eigenvalue weighted by Crippen LogP contribution is 2.42. The van der Waals surface area contributed by atoms with Crippen LogP contribution in [0.15, 0.2) is 76.9 Å². The highest BCUT2D eigenvalue weighted by Gasteiger charge is 2.48. The quantitative estimate of drug-likeness (QED) is 0.186. The SMILES string of the molecule is O=C1C(=O)N(c2ccc(Br)cn2)C(c2ccccc2F)C1=C(O)c1ccc([N+](=O)[O-])cc1. The summed E-state index contributed by atoms with van der Waals surface area (Å²) in [6.45, 7) is 0. The largest absolute Gasteiger partial charge is 0.507 e. The first-order chi connectivity index (χ1) is 15.3. The zero-order chi connectivity index (χ0) is 23.0. The molecule has 1 saturated heterocycles. The first-order valence-electron chi connectivity index (χ1n) is 9.21. The van der Waals surface area contributed by atoms with Crippen LogP contribution in [0.5, 0.6) is 0 Å². The van der Waals surface area contributed by atoms with Gasteiger partial charge in [-0.2, -0.15) is 0 Å². The first-order valence-corrected chi connectivity index (χ1v) is 10.0. The molecule has 0 radical (unpaired) electrons. The Bertz CT molecular complexity index is 1280. The average molecular weight is 498 g/mol. The summed E-state index contributed by atoms with van der Waals surface area (Å²) >= 11 is 3.24. The Kier molecular flexibility index (Phi) is 5.54. The summed E-state index contributed by atoms with van der Waals surface area (Å²) in [5.74, 6) is -3.19. The number of rotatable bonds is 4. The summed E-state index contributed by atoms with van der Waals surface area (Å²) in [6, 6.07) is 12.2. The number of anilines is 1. The van der Waals surface area contributed by atoms with E-state index in [4.69, 9.17) is 0 Å². The Morgan fingerprint density at radius 3 is 2.38 bits per heavy atom. The molecule has 1 amide bonds. The lowest BCUT2D eigenvalue weighted by molar-refractivity contribution is -0.384. The van der Waals surface area contributed by atoms with Gasteiger partial charge in [0.1, 0.15) is 17.4 Å². The minimum absolute atomic E-state index is 0.0140. The summed E-state index contributed by atoms with van der Waals surface area (Å²) in [5, 5.41) is 21.8. The number of Topliss-reactive ketones (excluding diaryl/α,β-unsaturated/α-hetero) is 1. The van der Waals surface area contributed by atoms with Crippen molar-refractivity contribution in [2.45, 2.75) is 6.04 Å². The Balaban J connectivity index is 1.93. The van der Waals surface area contributed by atoms with E-state index in [0.717, 1.165) is 17.0 Å². The summed E-state index contributed by atoms with van der Waals surface area (Å²) < 4.78 is 15.4. The minimum Gasteiger partial charge on any atom is -0.507 e. The van der Waals surface area contributed by atoms with Gasteiger partial charge in [-0.1, -0.05) is 18.2 Å². The van der Waals surface area contributed by atoms with Crippen molar-refractivity contribution < 1.29 is 24.0 Å². The fourth-order valence-electron chi connectivity index (χ4n) is 3.47. The molecule has 8 nitrogen and oxygen atoms in total. The van der Waals surface area contributed by atoms with E-state index in [1.807, 2.05) is 0 Å². The number of carbonyl (C=O) groups is 2. The van der Waals surface area contributed by atoms with Gasteiger partial charge in [-0.05, 0) is 46.3 Å². The topological polar surface area (TPSA) is 114 Å². The van der Waals surface area contributed by atoms with Gasteiger partial charge >= 0.3 is 5.91 Å². The molecule has 2 heterocycles. The number of carbonyl (C=O) groups excluding carboxylic acids is 2. The molecule has 3 aromatic rings. The van der Waals surface area contributed by atoms with Crippen LogP contribution in [0.2, 0.25) is 0 Å². The van der Waals surface area contributed by atoms with Gasteiger partial charge in [-0.25, -0.2) is 9.37 Å². The van der Waals surface area contributed by atoms with Crippen LogP contribution in [-0.4, -0.2) is 26.7 Å². The Labute approximate surface area is 188 Å². The maximum Gasteiger partial charge on any atom is 0.301 e. The normalized spacial score (nSPS) is 17.6. The lowest BCUT2D eigenvalue weighted by Crippen LogP contribution is -2.30. The number of aliphatic hydroxyl groups excluding tert-OH is 1. The van der Waals surface area contributed by atoms with Crippen LogP contribution >= 0.6 is 15.9 Å². The van der Waals surface area contributed by atoms with Crippen LogP contribution in [-0.2, 0) is 9.59 Å². The molecule has 0 spiro atoms. The van der Waals surface area contributed by atoms with E-state index in [0.29, 0.717) is 4.47 Å². The number of nitro groups is 1. The van der Waals surface area contributed by atoms with Crippen molar-refractivity contribution in [1.82, 2.24) is 4.98 Å². The number of amides is 1. The van der Waals surface area contributed by atoms with Crippen molar-refractivity contribution in [2.24, 2.45) is 0 Å². The van der Waals surface area contributed by atoms with Crippen molar-refractivity contribution in [3.05, 3.63) is 104 Å². The number of benzene rings is 2. The summed E-state index contributed by atoms with van der Waals surface area (Å²) in [4.78, 5) is 41.4. The highest BCUT2D eigenvalue weighted by atomic mass is 79.9. The fraction of sp³-hybridized carbons (Fsp3) is 0.0455. The van der Waals surface area contributed by atoms with Gasteiger partial charge < -0.3 is 5.11 Å². The molecule has 0 aliphatic carbocycles. The van der Waals surface area contributed by atoms with Crippen LogP contribution in [0.3, 0.4) is 0 Å². The minimum atomic E-state index is -1.29. The predicted molar refractivity (Wildman–Crippen MR) is 116 cm³/mol. The molecule has 4 rings (SSSR count). The Hall–Kier alpha value is -3.92. The standard InChI is InChI=1S/C22H13BrFN3O5/c23-13-7-10-17(25-11-13)26-19(15-3-1-2-4-16(15)24)18(21(29)22(26)30)20(28)12-5-8-14(9-6-12)27(31)32/h1-11,19,28H. The van der Waals surface area contributed by atoms with Gasteiger partial charge in [0, 0.05) is 33.9 Å². The monoisotopic (exact) mass is 497 g/mol. The van der Waals surface area contributed by atoms with Crippen molar-refractivity contribution >= 4 is 44.9 Å². The molecule has 1 N–H and O–H groups in total. The van der Waals surface area contributed by atoms with E-state index in [9.17, 15) is 29.2 Å². The Morgan fingerprint density at radius 1 is 1.09 bits per heavy atom. The molecule has 1 atom stereocenters. The van der Waals surface area contributed by atoms with Crippen LogP contribution < -0.4 is 4.90 Å². The maximum absolute atomic E-state index is 14.8. The molecule has 1 aromatic heterocycles. The van der Waals surface area contributed by atoms with Crippen LogP contribution in [0.4, 0.5) is 15.9 Å². The number of aromatic nitrogens is 1. The number of nitro benzene ring substituents is 1. The lowest BCUT2D eigenvalue weighted by atomic mass is 9.95. The lowest BCUT2D eigenvalue weighted by Gasteiger charge is -2.24. The molecular weight excluding hydrogens is 485 g/mol. The second kappa shape index (κ2) is 8.31. The molecule has 2 aromatic carbocycles. The van der Waals surface area contributed by atoms with Crippen LogP contribution in [0.1, 0.15) is 17.2 Å². The highest BCUT2D eigenvalue weighted by molar-refractivity contribution is 9.10. The number of halogens is 2. The number of hydrogen-bond donors (Lipinski definition) is 1. The molecule has 1 unspecified atom stereocenters. The average Bonchev–Trinajstić information content (AvgIpc) is 3.05. The van der Waals surface area contributed by atoms with Gasteiger partial charge in [-0.3, -0.25) is 24.6 Å². The number of hydrogen-bond acceptors (Lipinski definition) is 6. The molecule has 0 saturated carbocycles. The summed E-state index contributed by atoms with van der Waals surface area (Å²) in [6.07, 6.45) is 1.42. The molecular formula is C22H13BrFN3O5. The second-order valence-electron chi connectivity index (χ2n) is 6.83. The van der Waals surface area contributed by atoms with E-state index in [-0.39, 0.29) is 28.2 Å². The van der Waals surface area contributed by atoms with E-state index in [1.165, 1.54) is 42.6 Å². The van der Waals surface area contributed by atoms with Crippen molar-refractivity contribution in [2.75, 3.05) is 4.90 Å². The summed E-state index contributed by atoms with van der Waals surface area (Å²) in [7, 11) is 0. The zero-order valence-electron chi connectivity index (χ0n) is 16.1. The smallest absolute Gasteiger partial charge is 0.301 e. The number of nitrogens with zero attached hydrogens (tertiary/aromatic N) is 3. The Morgan fingerprint density at radius 2 is 1.78 bits per heavy atom. The maximum atomic E-state index is 14.8. The molecule has 1 fully saturated rings. The second-order valence-corrected chi connectivity index (χ2v) is 7.74. The molecule has 1 aliphatic rings. The number of non-ortho nitro benzene ring substituents is 1. The van der Waals surface area contributed by atoms with Gasteiger partial charge in [-0.15, -0.1) is 0 Å². The molecule has 0 bridgehead atoms. The molecule has 32 heavy (non-hydrogen) atoms. The van der Waals surface area contributed by atoms with Crippen LogP contribution in [0, 0.1) is 15.9 Å². The summed E-state index contributed by atoms with van der Waals surface area (Å²) in [5.41, 5.74) is -0.510. The van der Waals surface area contributed by atoms with Gasteiger partial charge in [0.2, 0.25) is 0 Å². The van der Waals surface area contributed by atoms with E-state index >= 15 is 0 Å². The third-order valence-electron chi connectivity index (χ3n) is 4.95. The molecule has 160 valence electrons. The van der Waals surface area contributed by atoms with Gasteiger partial charge in [0.05, 0.1) is 16.5 Å². The third kappa shape index (κ3) is 3.65. The van der Waals surface area contributed by atoms with E-state index < -0.39 is 34.2 Å². The van der Waals surface area contributed by atoms with Crippen LogP contribution in [0.25, 0.3) is 5.76 Å². The zero-order valence-corrected chi connectivity index (χ0v) is 17.7. The van der Waals surface area contributed by atoms with Crippen molar-refractivity contribution in [3.8, 4) is 0 Å². The van der Waals surface area contributed by atoms with E-state index in [2.05, 4.69) is 20.9 Å².